The first kappa shape index (κ1) is 16.5. The Hall–Kier alpha value is -0.860. The molecule has 2 N–H and O–H groups in total. The average Bonchev–Trinajstić information content (AvgIpc) is 2.53. The Bertz CT molecular complexity index is 395. The molecule has 1 aliphatic carbocycles. The maximum absolute atomic E-state index is 9.87. The molecular formula is C19H31NO. The van der Waals surface area contributed by atoms with E-state index >= 15 is 0 Å². The van der Waals surface area contributed by atoms with Crippen LogP contribution < -0.4 is 5.32 Å². The summed E-state index contributed by atoms with van der Waals surface area (Å²) in [5, 5.41) is 13.6. The summed E-state index contributed by atoms with van der Waals surface area (Å²) in [7, 11) is 0. The Morgan fingerprint density at radius 3 is 2.33 bits per heavy atom. The van der Waals surface area contributed by atoms with Crippen LogP contribution in [0.4, 0.5) is 0 Å². The second-order valence-corrected chi connectivity index (χ2v) is 7.19. The van der Waals surface area contributed by atoms with Crippen LogP contribution in [-0.4, -0.2) is 18.3 Å². The third-order valence-electron chi connectivity index (χ3n) is 4.88. The highest BCUT2D eigenvalue weighted by Gasteiger charge is 2.31. The third-order valence-corrected chi connectivity index (χ3v) is 4.88. The predicted octanol–water partition coefficient (Wildman–Crippen LogP) is 4.31. The Kier molecular flexibility index (Phi) is 6.25. The van der Waals surface area contributed by atoms with Gasteiger partial charge >= 0.3 is 0 Å². The summed E-state index contributed by atoms with van der Waals surface area (Å²) in [6.45, 7) is 5.82. The summed E-state index contributed by atoms with van der Waals surface area (Å²) in [4.78, 5) is 0. The van der Waals surface area contributed by atoms with Crippen molar-refractivity contribution in [1.82, 2.24) is 5.32 Å². The van der Waals surface area contributed by atoms with Crippen molar-refractivity contribution in [1.29, 1.82) is 0 Å². The molecule has 0 spiro atoms. The second-order valence-electron chi connectivity index (χ2n) is 7.19. The van der Waals surface area contributed by atoms with Crippen molar-refractivity contribution in [2.24, 2.45) is 11.3 Å². The fraction of sp³-hybridized carbons (Fsp3) is 0.684. The van der Waals surface area contributed by atoms with Gasteiger partial charge in [0.05, 0.1) is 0 Å². The van der Waals surface area contributed by atoms with Crippen molar-refractivity contribution >= 4 is 0 Å². The second kappa shape index (κ2) is 7.95. The molecule has 1 saturated carbocycles. The number of aliphatic hydroxyl groups excluding tert-OH is 1. The zero-order chi connectivity index (χ0) is 15.1. The molecule has 21 heavy (non-hydrogen) atoms. The van der Waals surface area contributed by atoms with Gasteiger partial charge in [-0.05, 0) is 30.7 Å². The highest BCUT2D eigenvalue weighted by Crippen LogP contribution is 2.36. The molecule has 0 aromatic heterocycles. The SMILES string of the molecule is CC(C)CC(NCC1(CO)CCCCC1)c1ccccc1. The number of hydrogen-bond acceptors (Lipinski definition) is 2. The van der Waals surface area contributed by atoms with Gasteiger partial charge in [0.1, 0.15) is 0 Å². The van der Waals surface area contributed by atoms with E-state index in [1.54, 1.807) is 0 Å². The van der Waals surface area contributed by atoms with Crippen LogP contribution in [-0.2, 0) is 0 Å². The minimum absolute atomic E-state index is 0.113. The van der Waals surface area contributed by atoms with Crippen LogP contribution in [0.25, 0.3) is 0 Å². The van der Waals surface area contributed by atoms with E-state index in [4.69, 9.17) is 0 Å². The summed E-state index contributed by atoms with van der Waals surface area (Å²) in [6.07, 6.45) is 7.34. The molecule has 2 heteroatoms. The van der Waals surface area contributed by atoms with Crippen LogP contribution in [0.2, 0.25) is 0 Å². The van der Waals surface area contributed by atoms with Gasteiger partial charge < -0.3 is 10.4 Å². The Labute approximate surface area is 130 Å². The van der Waals surface area contributed by atoms with Gasteiger partial charge in [-0.1, -0.05) is 63.4 Å². The first-order chi connectivity index (χ1) is 10.2. The molecule has 1 aromatic rings. The summed E-state index contributed by atoms with van der Waals surface area (Å²) in [5.74, 6) is 0.666. The highest BCUT2D eigenvalue weighted by molar-refractivity contribution is 5.19. The predicted molar refractivity (Wildman–Crippen MR) is 89.2 cm³/mol. The summed E-state index contributed by atoms with van der Waals surface area (Å²) in [5.41, 5.74) is 1.48. The van der Waals surface area contributed by atoms with Crippen LogP contribution >= 0.6 is 0 Å². The van der Waals surface area contributed by atoms with Crippen molar-refractivity contribution in [2.75, 3.05) is 13.2 Å². The molecule has 0 radical (unpaired) electrons. The van der Waals surface area contributed by atoms with Crippen LogP contribution in [0.5, 0.6) is 0 Å². The molecule has 0 amide bonds. The number of rotatable bonds is 7. The lowest BCUT2D eigenvalue weighted by Gasteiger charge is -2.37. The van der Waals surface area contributed by atoms with Crippen LogP contribution in [0.1, 0.15) is 64.0 Å². The first-order valence-electron chi connectivity index (χ1n) is 8.54. The highest BCUT2D eigenvalue weighted by atomic mass is 16.3. The standard InChI is InChI=1S/C19H31NO/c1-16(2)13-18(17-9-5-3-6-10-17)20-14-19(15-21)11-7-4-8-12-19/h3,5-6,9-10,16,18,20-21H,4,7-8,11-15H2,1-2H3. The Balaban J connectivity index is 2.01. The Morgan fingerprint density at radius 2 is 1.76 bits per heavy atom. The van der Waals surface area contributed by atoms with E-state index < -0.39 is 0 Å². The summed E-state index contributed by atoms with van der Waals surface area (Å²) < 4.78 is 0. The lowest BCUT2D eigenvalue weighted by Crippen LogP contribution is -2.40. The van der Waals surface area contributed by atoms with E-state index in [9.17, 15) is 5.11 Å². The molecule has 1 atom stereocenters. The van der Waals surface area contributed by atoms with Gasteiger partial charge in [0.15, 0.2) is 0 Å². The van der Waals surface area contributed by atoms with Gasteiger partial charge in [0.2, 0.25) is 0 Å². The first-order valence-corrected chi connectivity index (χ1v) is 8.54. The zero-order valence-corrected chi connectivity index (χ0v) is 13.6. The number of hydrogen-bond donors (Lipinski definition) is 2. The normalized spacial score (nSPS) is 19.6. The molecule has 2 rings (SSSR count). The molecule has 118 valence electrons. The quantitative estimate of drug-likeness (QED) is 0.784. The molecule has 1 unspecified atom stereocenters. The van der Waals surface area contributed by atoms with Crippen molar-refractivity contribution in [2.45, 2.75) is 58.4 Å². The van der Waals surface area contributed by atoms with E-state index in [2.05, 4.69) is 49.5 Å². The fourth-order valence-corrected chi connectivity index (χ4v) is 3.53. The lowest BCUT2D eigenvalue weighted by atomic mass is 9.74. The van der Waals surface area contributed by atoms with Crippen molar-refractivity contribution in [3.63, 3.8) is 0 Å². The van der Waals surface area contributed by atoms with Crippen LogP contribution in [0.15, 0.2) is 30.3 Å². The minimum Gasteiger partial charge on any atom is -0.396 e. The third kappa shape index (κ3) is 4.82. The minimum atomic E-state index is 0.113. The van der Waals surface area contributed by atoms with Gasteiger partial charge in [-0.2, -0.15) is 0 Å². The van der Waals surface area contributed by atoms with Gasteiger partial charge in [-0.15, -0.1) is 0 Å². The van der Waals surface area contributed by atoms with Crippen LogP contribution in [0, 0.1) is 11.3 Å². The van der Waals surface area contributed by atoms with Crippen molar-refractivity contribution < 1.29 is 5.11 Å². The van der Waals surface area contributed by atoms with E-state index in [-0.39, 0.29) is 5.41 Å². The molecule has 0 aliphatic heterocycles. The maximum Gasteiger partial charge on any atom is 0.0499 e. The van der Waals surface area contributed by atoms with Crippen molar-refractivity contribution in [3.05, 3.63) is 35.9 Å². The molecule has 0 bridgehead atoms. The van der Waals surface area contributed by atoms with Gasteiger partial charge in [-0.3, -0.25) is 0 Å². The largest absolute Gasteiger partial charge is 0.396 e. The molecule has 1 fully saturated rings. The smallest absolute Gasteiger partial charge is 0.0499 e. The van der Waals surface area contributed by atoms with Gasteiger partial charge in [0, 0.05) is 24.6 Å². The van der Waals surface area contributed by atoms with E-state index in [1.165, 1.54) is 37.7 Å². The maximum atomic E-state index is 9.87. The lowest BCUT2D eigenvalue weighted by molar-refractivity contribution is 0.0774. The Morgan fingerprint density at radius 1 is 1.10 bits per heavy atom. The molecule has 1 aliphatic rings. The molecule has 1 aromatic carbocycles. The molecule has 0 heterocycles. The monoisotopic (exact) mass is 289 g/mol. The van der Waals surface area contributed by atoms with E-state index in [0.29, 0.717) is 18.6 Å². The van der Waals surface area contributed by atoms with E-state index in [0.717, 1.165) is 13.0 Å². The molecule has 0 saturated heterocycles. The molecular weight excluding hydrogens is 258 g/mol. The number of aliphatic hydroxyl groups is 1. The zero-order valence-electron chi connectivity index (χ0n) is 13.6. The van der Waals surface area contributed by atoms with Crippen LogP contribution in [0.3, 0.4) is 0 Å². The van der Waals surface area contributed by atoms with Gasteiger partial charge in [-0.25, -0.2) is 0 Å². The van der Waals surface area contributed by atoms with E-state index in [1.807, 2.05) is 0 Å². The topological polar surface area (TPSA) is 32.3 Å². The molecule has 2 nitrogen and oxygen atoms in total. The summed E-state index contributed by atoms with van der Waals surface area (Å²) >= 11 is 0. The number of benzene rings is 1. The van der Waals surface area contributed by atoms with Gasteiger partial charge in [0.25, 0.3) is 0 Å². The summed E-state index contributed by atoms with van der Waals surface area (Å²) in [6, 6.07) is 11.1. The number of nitrogens with one attached hydrogen (secondary N) is 1. The fourth-order valence-electron chi connectivity index (χ4n) is 3.53. The average molecular weight is 289 g/mol. The van der Waals surface area contributed by atoms with Crippen molar-refractivity contribution in [3.8, 4) is 0 Å².